The van der Waals surface area contributed by atoms with E-state index in [1.54, 1.807) is 25.1 Å². The zero-order valence-electron chi connectivity index (χ0n) is 18.5. The van der Waals surface area contributed by atoms with E-state index in [1.807, 2.05) is 4.98 Å². The molecule has 0 spiro atoms. The van der Waals surface area contributed by atoms with Crippen LogP contribution in [0.3, 0.4) is 0 Å². The van der Waals surface area contributed by atoms with E-state index in [1.165, 1.54) is 24.4 Å². The van der Waals surface area contributed by atoms with Gasteiger partial charge in [-0.1, -0.05) is 29.8 Å². The molecule has 4 aromatic rings. The van der Waals surface area contributed by atoms with Gasteiger partial charge in [0.25, 0.3) is 11.1 Å². The summed E-state index contributed by atoms with van der Waals surface area (Å²) in [6, 6.07) is 5.82. The lowest BCUT2D eigenvalue weighted by Gasteiger charge is -2.12. The molecule has 12 nitrogen and oxygen atoms in total. The standard InChI is InChI=1S/C22H16Cl2N8O4/c1-3-16-11(4-5-26-28-16)6-10(2)13-9-17(29-30-20(13)33)36-18-14(23)7-12(8-15(18)24)32-22(35)27-21(34)19(25)31-32/h3-9H,1H2,2H3,(H2,25,31)(H,30,33)(H,27,34,35)/b10-6+. The summed E-state index contributed by atoms with van der Waals surface area (Å²) in [4.78, 5) is 38.0. The number of rotatable bonds is 6. The number of nitrogen functional groups attached to an aromatic ring is 1. The van der Waals surface area contributed by atoms with E-state index in [4.69, 9.17) is 33.7 Å². The normalized spacial score (nSPS) is 11.4. The maximum Gasteiger partial charge on any atom is 0.349 e. The Morgan fingerprint density at radius 2 is 1.89 bits per heavy atom. The van der Waals surface area contributed by atoms with Crippen molar-refractivity contribution in [3.8, 4) is 17.3 Å². The number of anilines is 1. The summed E-state index contributed by atoms with van der Waals surface area (Å²) in [7, 11) is 0. The maximum atomic E-state index is 12.4. The molecule has 4 N–H and O–H groups in total. The van der Waals surface area contributed by atoms with Crippen LogP contribution < -0.4 is 27.3 Å². The number of hydrogen-bond acceptors (Lipinski definition) is 9. The lowest BCUT2D eigenvalue weighted by Crippen LogP contribution is -2.33. The summed E-state index contributed by atoms with van der Waals surface area (Å²) in [6.45, 7) is 5.44. The van der Waals surface area contributed by atoms with E-state index in [-0.39, 0.29) is 32.9 Å². The SMILES string of the molecule is C=Cc1nnccc1/C=C(\C)c1cc(Oc2c(Cl)cc(-n3nc(N)c(=O)[nH]c3=O)cc2Cl)n[nH]c1=O. The third kappa shape index (κ3) is 4.94. The summed E-state index contributed by atoms with van der Waals surface area (Å²) in [5, 5.41) is 17.8. The van der Waals surface area contributed by atoms with Gasteiger partial charge in [-0.05, 0) is 42.8 Å². The molecule has 0 aliphatic rings. The molecular formula is C22H16Cl2N8O4. The molecular weight excluding hydrogens is 511 g/mol. The molecule has 0 saturated heterocycles. The average Bonchev–Trinajstić information content (AvgIpc) is 2.84. The highest BCUT2D eigenvalue weighted by atomic mass is 35.5. The molecule has 0 unspecified atom stereocenters. The van der Waals surface area contributed by atoms with Gasteiger partial charge in [0.1, 0.15) is 0 Å². The Bertz CT molecular complexity index is 1680. The zero-order valence-corrected chi connectivity index (χ0v) is 20.0. The Morgan fingerprint density at radius 3 is 2.58 bits per heavy atom. The van der Waals surface area contributed by atoms with Crippen molar-refractivity contribution in [1.82, 2.24) is 35.2 Å². The number of halogens is 2. The Morgan fingerprint density at radius 1 is 1.17 bits per heavy atom. The number of nitrogens with one attached hydrogen (secondary N) is 2. The van der Waals surface area contributed by atoms with E-state index in [2.05, 4.69) is 32.1 Å². The molecule has 0 aliphatic carbocycles. The molecule has 14 heteroatoms. The van der Waals surface area contributed by atoms with Crippen molar-refractivity contribution in [3.05, 3.63) is 95.1 Å². The molecule has 0 radical (unpaired) electrons. The van der Waals surface area contributed by atoms with Gasteiger partial charge in [0.15, 0.2) is 5.75 Å². The first-order valence-electron chi connectivity index (χ1n) is 10.1. The number of nitrogens with zero attached hydrogens (tertiary/aromatic N) is 5. The molecule has 1 aromatic carbocycles. The highest BCUT2D eigenvalue weighted by Gasteiger charge is 2.16. The molecule has 3 heterocycles. The van der Waals surface area contributed by atoms with Crippen LogP contribution in [0, 0.1) is 0 Å². The molecule has 0 atom stereocenters. The van der Waals surface area contributed by atoms with Crippen LogP contribution in [0.1, 0.15) is 23.7 Å². The fourth-order valence-electron chi connectivity index (χ4n) is 3.14. The van der Waals surface area contributed by atoms with Crippen molar-refractivity contribution < 1.29 is 4.74 Å². The average molecular weight is 527 g/mol. The van der Waals surface area contributed by atoms with Gasteiger partial charge in [-0.15, -0.1) is 10.2 Å². The van der Waals surface area contributed by atoms with Crippen LogP contribution in [0.25, 0.3) is 23.4 Å². The van der Waals surface area contributed by atoms with Crippen LogP contribution in [0.15, 0.2) is 51.4 Å². The lowest BCUT2D eigenvalue weighted by molar-refractivity contribution is 0.454. The molecule has 0 aliphatic heterocycles. The summed E-state index contributed by atoms with van der Waals surface area (Å²) < 4.78 is 6.57. The summed E-state index contributed by atoms with van der Waals surface area (Å²) in [5.41, 5.74) is 5.64. The molecule has 0 fully saturated rings. The van der Waals surface area contributed by atoms with Gasteiger partial charge in [-0.3, -0.25) is 14.6 Å². The minimum atomic E-state index is -0.840. The van der Waals surface area contributed by atoms with Gasteiger partial charge >= 0.3 is 5.69 Å². The number of ether oxygens (including phenoxy) is 1. The van der Waals surface area contributed by atoms with Crippen LogP contribution in [-0.2, 0) is 0 Å². The highest BCUT2D eigenvalue weighted by Crippen LogP contribution is 2.37. The fraction of sp³-hybridized carbons (Fsp3) is 0.0455. The van der Waals surface area contributed by atoms with Gasteiger partial charge in [0, 0.05) is 17.2 Å². The Hall–Kier alpha value is -4.55. The quantitative estimate of drug-likeness (QED) is 0.340. The van der Waals surface area contributed by atoms with Crippen molar-refractivity contribution >= 4 is 46.7 Å². The van der Waals surface area contributed by atoms with Crippen LogP contribution in [0.4, 0.5) is 5.82 Å². The van der Waals surface area contributed by atoms with Crippen LogP contribution >= 0.6 is 23.2 Å². The van der Waals surface area contributed by atoms with Crippen LogP contribution in [0.5, 0.6) is 11.6 Å². The second-order valence-electron chi connectivity index (χ2n) is 7.25. The van der Waals surface area contributed by atoms with Crippen molar-refractivity contribution in [2.45, 2.75) is 6.92 Å². The second-order valence-corrected chi connectivity index (χ2v) is 8.06. The predicted molar refractivity (Wildman–Crippen MR) is 135 cm³/mol. The monoisotopic (exact) mass is 526 g/mol. The Balaban J connectivity index is 1.70. The van der Waals surface area contributed by atoms with Crippen LogP contribution in [-0.4, -0.2) is 35.2 Å². The first kappa shape index (κ1) is 24.6. The van der Waals surface area contributed by atoms with Gasteiger partial charge < -0.3 is 10.5 Å². The summed E-state index contributed by atoms with van der Waals surface area (Å²) in [6.07, 6.45) is 4.82. The number of hydrogen-bond donors (Lipinski definition) is 3. The van der Waals surface area contributed by atoms with Crippen molar-refractivity contribution in [2.75, 3.05) is 5.73 Å². The van der Waals surface area contributed by atoms with Gasteiger partial charge in [-0.25, -0.2) is 9.89 Å². The smallest absolute Gasteiger partial charge is 0.349 e. The number of aromatic nitrogens is 7. The van der Waals surface area contributed by atoms with Crippen molar-refractivity contribution in [2.24, 2.45) is 0 Å². The molecule has 36 heavy (non-hydrogen) atoms. The molecule has 4 rings (SSSR count). The number of H-pyrrole nitrogens is 2. The Kier molecular flexibility index (Phi) is 6.81. The highest BCUT2D eigenvalue weighted by molar-refractivity contribution is 6.37. The molecule has 0 bridgehead atoms. The second kappa shape index (κ2) is 9.98. The predicted octanol–water partition coefficient (Wildman–Crippen LogP) is 2.68. The molecule has 182 valence electrons. The number of allylic oxidation sites excluding steroid dienone is 1. The van der Waals surface area contributed by atoms with Crippen molar-refractivity contribution in [3.63, 3.8) is 0 Å². The third-order valence-corrected chi connectivity index (χ3v) is 5.40. The van der Waals surface area contributed by atoms with Gasteiger partial charge in [0.05, 0.1) is 27.6 Å². The van der Waals surface area contributed by atoms with E-state index in [0.29, 0.717) is 16.8 Å². The molecule has 0 saturated carbocycles. The maximum absolute atomic E-state index is 12.4. The van der Waals surface area contributed by atoms with E-state index in [9.17, 15) is 14.4 Å². The lowest BCUT2D eigenvalue weighted by atomic mass is 10.1. The summed E-state index contributed by atoms with van der Waals surface area (Å²) >= 11 is 12.7. The third-order valence-electron chi connectivity index (χ3n) is 4.84. The number of nitrogens with two attached hydrogens (primary N) is 1. The van der Waals surface area contributed by atoms with Gasteiger partial charge in [-0.2, -0.15) is 14.9 Å². The fourth-order valence-corrected chi connectivity index (χ4v) is 3.69. The number of benzene rings is 1. The Labute approximate surface area is 211 Å². The largest absolute Gasteiger partial charge is 0.434 e. The van der Waals surface area contributed by atoms with Crippen molar-refractivity contribution in [1.29, 1.82) is 0 Å². The number of aromatic amines is 2. The minimum absolute atomic E-state index is 0.00345. The van der Waals surface area contributed by atoms with E-state index in [0.717, 1.165) is 4.68 Å². The van der Waals surface area contributed by atoms with E-state index >= 15 is 0 Å². The first-order chi connectivity index (χ1) is 17.2. The zero-order chi connectivity index (χ0) is 26.0. The summed E-state index contributed by atoms with van der Waals surface area (Å²) in [5.74, 6) is -0.417. The van der Waals surface area contributed by atoms with Gasteiger partial charge in [0.2, 0.25) is 11.7 Å². The molecule has 0 amide bonds. The topological polar surface area (TPSA) is 175 Å². The van der Waals surface area contributed by atoms with E-state index < -0.39 is 22.6 Å². The molecule has 3 aromatic heterocycles. The first-order valence-corrected chi connectivity index (χ1v) is 10.8. The van der Waals surface area contributed by atoms with Crippen LogP contribution in [0.2, 0.25) is 10.0 Å². The minimum Gasteiger partial charge on any atom is -0.434 e.